The summed E-state index contributed by atoms with van der Waals surface area (Å²) >= 11 is 11.5. The summed E-state index contributed by atoms with van der Waals surface area (Å²) in [5.74, 6) is -4.13. The Morgan fingerprint density at radius 3 is 1.51 bits per heavy atom. The van der Waals surface area contributed by atoms with Gasteiger partial charge in [-0.05, 0) is 135 Å². The molecular formula is C53H48Cl3F5N6O9S2. The van der Waals surface area contributed by atoms with E-state index >= 15 is 0 Å². The average Bonchev–Trinajstić information content (AvgIpc) is 4.15. The maximum Gasteiger partial charge on any atom is 0.335 e. The van der Waals surface area contributed by atoms with Gasteiger partial charge in [-0.3, -0.25) is 34.1 Å². The number of nitrogens with zero attached hydrogens (tertiary/aromatic N) is 4. The number of amides is 1. The fourth-order valence-corrected chi connectivity index (χ4v) is 9.09. The summed E-state index contributed by atoms with van der Waals surface area (Å²) in [5, 5.41) is 10.2. The van der Waals surface area contributed by atoms with Gasteiger partial charge in [0.25, 0.3) is 5.91 Å². The zero-order valence-electron chi connectivity index (χ0n) is 42.5. The van der Waals surface area contributed by atoms with Crippen LogP contribution in [0.5, 0.6) is 0 Å². The molecule has 0 saturated carbocycles. The van der Waals surface area contributed by atoms with Gasteiger partial charge in [0, 0.05) is 41.9 Å². The quantitative estimate of drug-likeness (QED) is 0.0660. The van der Waals surface area contributed by atoms with Crippen LogP contribution in [0.3, 0.4) is 0 Å². The summed E-state index contributed by atoms with van der Waals surface area (Å²) in [6.07, 6.45) is 4.00. The first kappa shape index (κ1) is 60.6. The van der Waals surface area contributed by atoms with Crippen molar-refractivity contribution >= 4 is 111 Å². The molecule has 15 nitrogen and oxygen atoms in total. The van der Waals surface area contributed by atoms with Gasteiger partial charge in [-0.1, -0.05) is 46.9 Å². The number of thiazole rings is 2. The molecule has 0 spiro atoms. The number of fused-ring (bicyclic) bond motifs is 2. The molecule has 0 bridgehead atoms. The fraction of sp³-hybridized carbons (Fsp3) is 0.245. The summed E-state index contributed by atoms with van der Waals surface area (Å²) < 4.78 is 94.6. The SMILES string of the molecule is CC1(C)OC[C@@H](Cc2cnc(-c3ccc(C(=O)Nc4nc5ccc(F)cc5s4)cc3)c(F)c2)O1.CC1(C)OC[C@@H](Cc2cnc(-c3ccc(C(=O)O)cc3)c(F)c2)O1.Cl.Nc1nc2ccc(F)cc2s1.O=C(Cl)C(=O)Cl.[2H]CF. The van der Waals surface area contributed by atoms with E-state index in [1.165, 1.54) is 71.2 Å². The lowest BCUT2D eigenvalue weighted by molar-refractivity contribution is -0.138. The maximum atomic E-state index is 14.8. The number of carbonyl (C=O) groups excluding carboxylic acids is 3. The van der Waals surface area contributed by atoms with Crippen LogP contribution in [0.25, 0.3) is 42.9 Å². The van der Waals surface area contributed by atoms with E-state index in [0.29, 0.717) is 63.2 Å². The molecule has 8 aromatic rings. The van der Waals surface area contributed by atoms with Crippen LogP contribution >= 0.6 is 58.3 Å². The van der Waals surface area contributed by atoms with Crippen LogP contribution in [0.2, 0.25) is 0 Å². The molecular weight excluding hydrogens is 1130 g/mol. The van der Waals surface area contributed by atoms with Crippen molar-refractivity contribution in [1.29, 1.82) is 0 Å². The summed E-state index contributed by atoms with van der Waals surface area (Å²) in [6, 6.07) is 24.0. The maximum absolute atomic E-state index is 14.8. The first-order valence-corrected chi connectivity index (χ1v) is 25.1. The molecule has 2 aliphatic rings. The summed E-state index contributed by atoms with van der Waals surface area (Å²) in [4.78, 5) is 59.1. The largest absolute Gasteiger partial charge is 0.478 e. The number of aromatic carboxylic acids is 1. The third-order valence-electron chi connectivity index (χ3n) is 10.8. The Balaban J connectivity index is 0.000000220. The van der Waals surface area contributed by atoms with Gasteiger partial charge in [0.1, 0.15) is 34.7 Å². The number of nitrogen functional groups attached to an aromatic ring is 1. The number of hydrogen-bond donors (Lipinski definition) is 3. The lowest BCUT2D eigenvalue weighted by Gasteiger charge is -2.17. The van der Waals surface area contributed by atoms with Gasteiger partial charge in [0.05, 0.1) is 59.9 Å². The number of benzene rings is 4. The predicted molar refractivity (Wildman–Crippen MR) is 291 cm³/mol. The Hall–Kier alpha value is -6.60. The van der Waals surface area contributed by atoms with Crippen molar-refractivity contribution in [3.05, 3.63) is 155 Å². The number of nitrogens with two attached hydrogens (primary N) is 1. The molecule has 4 N–H and O–H groups in total. The first-order valence-electron chi connectivity index (χ1n) is 23.4. The summed E-state index contributed by atoms with van der Waals surface area (Å²) in [7, 11) is -1.00. The first-order chi connectivity index (χ1) is 36.9. The zero-order chi connectivity index (χ0) is 56.9. The topological polar surface area (TPSA) is 215 Å². The van der Waals surface area contributed by atoms with E-state index in [4.69, 9.17) is 31.2 Å². The van der Waals surface area contributed by atoms with Crippen LogP contribution in [-0.2, 0) is 41.4 Å². The number of anilines is 2. The number of carboxylic acids is 1. The Bertz CT molecular complexity index is 3410. The number of pyridine rings is 2. The van der Waals surface area contributed by atoms with Gasteiger partial charge in [0.2, 0.25) is 0 Å². The molecule has 2 saturated heterocycles. The highest BCUT2D eigenvalue weighted by Gasteiger charge is 2.34. The number of hydrogen-bond acceptors (Lipinski definition) is 15. The Kier molecular flexibility index (Phi) is 21.6. The van der Waals surface area contributed by atoms with Crippen LogP contribution < -0.4 is 11.1 Å². The molecule has 412 valence electrons. The van der Waals surface area contributed by atoms with Crippen molar-refractivity contribution in [3.63, 3.8) is 0 Å². The van der Waals surface area contributed by atoms with Crippen LogP contribution in [0.4, 0.5) is 32.2 Å². The van der Waals surface area contributed by atoms with Gasteiger partial charge < -0.3 is 29.8 Å². The number of alkyl halides is 1. The number of rotatable bonds is 10. The normalized spacial score (nSPS) is 15.8. The van der Waals surface area contributed by atoms with E-state index in [1.54, 1.807) is 60.9 Å². The van der Waals surface area contributed by atoms with E-state index in [0.717, 1.165) is 21.3 Å². The van der Waals surface area contributed by atoms with E-state index < -0.39 is 46.8 Å². The zero-order valence-corrected chi connectivity index (χ0v) is 45.5. The molecule has 78 heavy (non-hydrogen) atoms. The van der Waals surface area contributed by atoms with E-state index in [1.807, 2.05) is 27.7 Å². The van der Waals surface area contributed by atoms with Crippen LogP contribution in [0.1, 0.15) is 60.9 Å². The third kappa shape index (κ3) is 17.7. The van der Waals surface area contributed by atoms with Crippen LogP contribution in [0.15, 0.2) is 109 Å². The second-order valence-electron chi connectivity index (χ2n) is 17.4. The molecule has 4 aromatic heterocycles. The van der Waals surface area contributed by atoms with Gasteiger partial charge in [-0.25, -0.2) is 32.3 Å². The molecule has 6 heterocycles. The molecule has 0 aliphatic carbocycles. The lowest BCUT2D eigenvalue weighted by atomic mass is 10.1. The lowest BCUT2D eigenvalue weighted by Crippen LogP contribution is -2.22. The predicted octanol–water partition coefficient (Wildman–Crippen LogP) is 12.4. The Morgan fingerprint density at radius 2 is 1.12 bits per heavy atom. The van der Waals surface area contributed by atoms with Crippen molar-refractivity contribution in [2.24, 2.45) is 0 Å². The van der Waals surface area contributed by atoms with Gasteiger partial charge >= 0.3 is 16.5 Å². The monoisotopic (exact) mass is 1180 g/mol. The van der Waals surface area contributed by atoms with E-state index in [9.17, 15) is 41.1 Å². The number of carboxylic acid groups (broad SMARTS) is 1. The standard InChI is InChI=1S/C25H21F2N3O3S.C18H18FNO4.C7H5FN2S.C2Cl2O2.CH3F.ClH/c1-25(2)32-13-18(33-25)9-14-10-19(27)22(28-12-14)15-3-5-16(6-4-15)23(31)30-24-29-20-8-7-17(26)11-21(20)34-24;1-18(2)23-10-14(24-18)7-11-8-15(19)16(20-9-11)12-3-5-13(6-4-12)17(21)22;8-4-1-2-5-6(3-4)11-7(9)10-5;3-1(5)2(4)6;1-2;/h3-8,10-12,18H,9,13H2,1-2H3,(H,29,30,31);3-6,8-9,14H,7,10H2,1-2H3,(H,21,22);1-3H,(H2,9,10);;1H3;1H/t18-;14-;;;;/m11..../s1/i;;;;1D;. The minimum atomic E-state index is -1.14. The molecule has 0 unspecified atom stereocenters. The minimum absolute atomic E-state index is 0. The molecule has 2 atom stereocenters. The molecule has 10 rings (SSSR count). The Morgan fingerprint density at radius 1 is 0.692 bits per heavy atom. The average molecular weight is 1180 g/mol. The molecule has 2 aliphatic heterocycles. The smallest absolute Gasteiger partial charge is 0.335 e. The van der Waals surface area contributed by atoms with Gasteiger partial charge in [-0.2, -0.15) is 0 Å². The van der Waals surface area contributed by atoms with Crippen molar-refractivity contribution in [2.45, 2.75) is 64.3 Å². The summed E-state index contributed by atoms with van der Waals surface area (Å²) in [5.41, 5.74) is 10.3. The highest BCUT2D eigenvalue weighted by molar-refractivity contribution is 7.22. The van der Waals surface area contributed by atoms with Crippen molar-refractivity contribution in [1.82, 2.24) is 19.9 Å². The number of halogens is 8. The molecule has 25 heteroatoms. The van der Waals surface area contributed by atoms with Gasteiger partial charge in [0.15, 0.2) is 21.8 Å². The van der Waals surface area contributed by atoms with E-state index in [-0.39, 0.29) is 59.1 Å². The van der Waals surface area contributed by atoms with Crippen molar-refractivity contribution in [3.8, 4) is 22.5 Å². The third-order valence-corrected chi connectivity index (χ3v) is 13.0. The molecule has 4 aromatic carbocycles. The van der Waals surface area contributed by atoms with Crippen LogP contribution in [-0.4, -0.2) is 91.6 Å². The number of carbonyl (C=O) groups is 4. The number of ether oxygens (including phenoxy) is 4. The second kappa shape index (κ2) is 27.8. The van der Waals surface area contributed by atoms with Gasteiger partial charge in [-0.15, -0.1) is 12.4 Å². The Labute approximate surface area is 468 Å². The highest BCUT2D eigenvalue weighted by Crippen LogP contribution is 2.31. The van der Waals surface area contributed by atoms with Crippen LogP contribution in [0, 0.1) is 23.3 Å². The molecule has 0 radical (unpaired) electrons. The van der Waals surface area contributed by atoms with E-state index in [2.05, 4.69) is 48.5 Å². The fourth-order valence-electron chi connectivity index (χ4n) is 7.44. The minimum Gasteiger partial charge on any atom is -0.478 e. The van der Waals surface area contributed by atoms with Crippen molar-refractivity contribution in [2.75, 3.05) is 31.4 Å². The van der Waals surface area contributed by atoms with Crippen molar-refractivity contribution < 1.29 is 66.6 Å². The molecule has 1 amide bonds. The number of aromatic nitrogens is 4. The number of nitrogens with one attached hydrogen (secondary N) is 1. The summed E-state index contributed by atoms with van der Waals surface area (Å²) in [6.45, 7) is 8.30. The highest BCUT2D eigenvalue weighted by atomic mass is 35.5. The molecule has 2 fully saturated rings. The second-order valence-corrected chi connectivity index (χ2v) is 20.2.